The van der Waals surface area contributed by atoms with Gasteiger partial charge in [0.25, 0.3) is 0 Å². The number of nitrogens with zero attached hydrogens (tertiary/aromatic N) is 4. The standard InChI is InChI=1S/C27H24ClN5O/c1-32(19-26(34)30-25-14-8-6-11-21(25)15-29)16-23-18-33(17-22-12-5-7-13-24(22)28)31-27(23)20-9-3-2-4-10-20/h2-14,18H,16-17,19H2,1H3,(H,30,34). The molecule has 4 aromatic rings. The average molecular weight is 470 g/mol. The second-order valence-corrected chi connectivity index (χ2v) is 8.44. The number of likely N-dealkylation sites (N-methyl/N-ethyl adjacent to an activating group) is 1. The summed E-state index contributed by atoms with van der Waals surface area (Å²) < 4.78 is 1.88. The van der Waals surface area contributed by atoms with Crippen molar-refractivity contribution in [2.24, 2.45) is 0 Å². The lowest BCUT2D eigenvalue weighted by Crippen LogP contribution is -2.30. The summed E-state index contributed by atoms with van der Waals surface area (Å²) in [4.78, 5) is 14.5. The summed E-state index contributed by atoms with van der Waals surface area (Å²) in [5.41, 5.74) is 4.82. The SMILES string of the molecule is CN(CC(=O)Nc1ccccc1C#N)Cc1cn(Cc2ccccc2Cl)nc1-c1ccccc1. The van der Waals surface area contributed by atoms with E-state index in [1.165, 1.54) is 0 Å². The van der Waals surface area contributed by atoms with Gasteiger partial charge in [-0.3, -0.25) is 14.4 Å². The minimum atomic E-state index is -0.185. The summed E-state index contributed by atoms with van der Waals surface area (Å²) in [6.07, 6.45) is 2.01. The van der Waals surface area contributed by atoms with Crippen LogP contribution in [0.15, 0.2) is 85.1 Å². The summed E-state index contributed by atoms with van der Waals surface area (Å²) in [5.74, 6) is -0.185. The van der Waals surface area contributed by atoms with Gasteiger partial charge in [0.05, 0.1) is 30.0 Å². The Kier molecular flexibility index (Phi) is 7.38. The maximum atomic E-state index is 12.6. The number of hydrogen-bond donors (Lipinski definition) is 1. The van der Waals surface area contributed by atoms with Gasteiger partial charge in [0, 0.05) is 28.9 Å². The molecule has 1 aromatic heterocycles. The van der Waals surface area contributed by atoms with Gasteiger partial charge in [-0.25, -0.2) is 0 Å². The normalized spacial score (nSPS) is 10.8. The van der Waals surface area contributed by atoms with Crippen molar-refractivity contribution in [1.29, 1.82) is 5.26 Å². The van der Waals surface area contributed by atoms with Gasteiger partial charge >= 0.3 is 0 Å². The maximum Gasteiger partial charge on any atom is 0.238 e. The molecule has 0 saturated heterocycles. The van der Waals surface area contributed by atoms with Crippen molar-refractivity contribution in [2.75, 3.05) is 18.9 Å². The number of carbonyl (C=O) groups is 1. The van der Waals surface area contributed by atoms with Crippen molar-refractivity contribution in [1.82, 2.24) is 14.7 Å². The third-order valence-electron chi connectivity index (χ3n) is 5.35. The van der Waals surface area contributed by atoms with Crippen LogP contribution in [-0.4, -0.2) is 34.2 Å². The molecule has 0 spiro atoms. The van der Waals surface area contributed by atoms with E-state index in [0.29, 0.717) is 29.4 Å². The van der Waals surface area contributed by atoms with Crippen LogP contribution in [0.1, 0.15) is 16.7 Å². The summed E-state index contributed by atoms with van der Waals surface area (Å²) in [6.45, 7) is 1.25. The summed E-state index contributed by atoms with van der Waals surface area (Å²) in [5, 5.41) is 17.6. The number of hydrogen-bond acceptors (Lipinski definition) is 4. The molecular weight excluding hydrogens is 446 g/mol. The highest BCUT2D eigenvalue weighted by molar-refractivity contribution is 6.31. The molecule has 1 N–H and O–H groups in total. The van der Waals surface area contributed by atoms with E-state index in [-0.39, 0.29) is 12.5 Å². The zero-order valence-corrected chi connectivity index (χ0v) is 19.5. The number of aromatic nitrogens is 2. The molecule has 3 aromatic carbocycles. The number of carbonyl (C=O) groups excluding carboxylic acids is 1. The van der Waals surface area contributed by atoms with Gasteiger partial charge in [0.2, 0.25) is 5.91 Å². The van der Waals surface area contributed by atoms with Gasteiger partial charge in [-0.15, -0.1) is 0 Å². The van der Waals surface area contributed by atoms with E-state index in [1.807, 2.05) is 77.4 Å². The number of amides is 1. The van der Waals surface area contributed by atoms with Crippen LogP contribution in [0.2, 0.25) is 5.02 Å². The first kappa shape index (κ1) is 23.2. The first-order valence-electron chi connectivity index (χ1n) is 10.9. The molecule has 6 nitrogen and oxygen atoms in total. The molecule has 7 heteroatoms. The lowest BCUT2D eigenvalue weighted by Gasteiger charge is -2.16. The zero-order valence-electron chi connectivity index (χ0n) is 18.8. The average Bonchev–Trinajstić information content (AvgIpc) is 3.23. The molecule has 1 heterocycles. The molecular formula is C27H24ClN5O. The highest BCUT2D eigenvalue weighted by atomic mass is 35.5. The van der Waals surface area contributed by atoms with Crippen molar-refractivity contribution in [2.45, 2.75) is 13.1 Å². The lowest BCUT2D eigenvalue weighted by molar-refractivity contribution is -0.117. The van der Waals surface area contributed by atoms with Crippen LogP contribution in [0, 0.1) is 11.3 Å². The van der Waals surface area contributed by atoms with E-state index in [1.54, 1.807) is 24.3 Å². The number of nitriles is 1. The zero-order chi connectivity index (χ0) is 23.9. The first-order chi connectivity index (χ1) is 16.5. The summed E-state index contributed by atoms with van der Waals surface area (Å²) >= 11 is 6.35. The highest BCUT2D eigenvalue weighted by Gasteiger charge is 2.16. The topological polar surface area (TPSA) is 74.0 Å². The highest BCUT2D eigenvalue weighted by Crippen LogP contribution is 2.24. The van der Waals surface area contributed by atoms with Gasteiger partial charge in [0.15, 0.2) is 0 Å². The molecule has 1 amide bonds. The van der Waals surface area contributed by atoms with Crippen molar-refractivity contribution >= 4 is 23.2 Å². The van der Waals surface area contributed by atoms with Crippen LogP contribution in [0.25, 0.3) is 11.3 Å². The van der Waals surface area contributed by atoms with Crippen LogP contribution in [0.4, 0.5) is 5.69 Å². The van der Waals surface area contributed by atoms with E-state index in [4.69, 9.17) is 16.7 Å². The molecule has 0 aliphatic carbocycles. The second-order valence-electron chi connectivity index (χ2n) is 8.04. The Morgan fingerprint density at radius 1 is 1.03 bits per heavy atom. The Bertz CT molecular complexity index is 1330. The minimum Gasteiger partial charge on any atom is -0.324 e. The third-order valence-corrected chi connectivity index (χ3v) is 5.72. The lowest BCUT2D eigenvalue weighted by atomic mass is 10.1. The predicted molar refractivity (Wildman–Crippen MR) is 134 cm³/mol. The van der Waals surface area contributed by atoms with Gasteiger partial charge in [0.1, 0.15) is 6.07 Å². The molecule has 0 fully saturated rings. The van der Waals surface area contributed by atoms with E-state index >= 15 is 0 Å². The number of nitrogens with one attached hydrogen (secondary N) is 1. The first-order valence-corrected chi connectivity index (χ1v) is 11.2. The van der Waals surface area contributed by atoms with Crippen molar-refractivity contribution in [3.05, 3.63) is 107 Å². The Hall–Kier alpha value is -3.92. The summed E-state index contributed by atoms with van der Waals surface area (Å²) in [6, 6.07) is 26.8. The predicted octanol–water partition coefficient (Wildman–Crippen LogP) is 5.19. The molecule has 0 saturated carbocycles. The Labute approximate surface area is 204 Å². The van der Waals surface area contributed by atoms with Crippen LogP contribution in [0.5, 0.6) is 0 Å². The van der Waals surface area contributed by atoms with Crippen molar-refractivity contribution < 1.29 is 4.79 Å². The van der Waals surface area contributed by atoms with E-state index < -0.39 is 0 Å². The fourth-order valence-corrected chi connectivity index (χ4v) is 3.97. The Morgan fingerprint density at radius 2 is 1.74 bits per heavy atom. The number of rotatable bonds is 8. The third kappa shape index (κ3) is 5.70. The Morgan fingerprint density at radius 3 is 2.50 bits per heavy atom. The Balaban J connectivity index is 1.51. The molecule has 0 radical (unpaired) electrons. The maximum absolute atomic E-state index is 12.6. The quantitative estimate of drug-likeness (QED) is 0.385. The van der Waals surface area contributed by atoms with Gasteiger partial charge in [-0.1, -0.05) is 72.3 Å². The molecule has 170 valence electrons. The van der Waals surface area contributed by atoms with Crippen molar-refractivity contribution in [3.8, 4) is 17.3 Å². The van der Waals surface area contributed by atoms with Gasteiger partial charge in [-0.05, 0) is 30.8 Å². The number of halogens is 1. The number of para-hydroxylation sites is 1. The number of benzene rings is 3. The smallest absolute Gasteiger partial charge is 0.238 e. The fraction of sp³-hybridized carbons (Fsp3) is 0.148. The number of anilines is 1. The van der Waals surface area contributed by atoms with Crippen LogP contribution >= 0.6 is 11.6 Å². The van der Waals surface area contributed by atoms with Crippen LogP contribution in [0.3, 0.4) is 0 Å². The monoisotopic (exact) mass is 469 g/mol. The molecule has 0 aliphatic heterocycles. The molecule has 0 unspecified atom stereocenters. The van der Waals surface area contributed by atoms with Gasteiger partial charge in [-0.2, -0.15) is 10.4 Å². The van der Waals surface area contributed by atoms with Gasteiger partial charge < -0.3 is 5.32 Å². The van der Waals surface area contributed by atoms with E-state index in [9.17, 15) is 10.1 Å². The minimum absolute atomic E-state index is 0.170. The van der Waals surface area contributed by atoms with Crippen molar-refractivity contribution in [3.63, 3.8) is 0 Å². The second kappa shape index (κ2) is 10.8. The summed E-state index contributed by atoms with van der Waals surface area (Å²) in [7, 11) is 1.88. The molecule has 0 bridgehead atoms. The molecule has 0 atom stereocenters. The van der Waals surface area contributed by atoms with E-state index in [2.05, 4.69) is 11.4 Å². The molecule has 34 heavy (non-hydrogen) atoms. The van der Waals surface area contributed by atoms with E-state index in [0.717, 1.165) is 22.4 Å². The molecule has 0 aliphatic rings. The largest absolute Gasteiger partial charge is 0.324 e. The van der Waals surface area contributed by atoms with Crippen LogP contribution in [-0.2, 0) is 17.9 Å². The van der Waals surface area contributed by atoms with Crippen LogP contribution < -0.4 is 5.32 Å². The molecule has 4 rings (SSSR count). The fourth-order valence-electron chi connectivity index (χ4n) is 3.77.